The number of nitrogens with two attached hydrogens (primary N) is 1. The largest absolute Gasteiger partial charge is 0.510 e. The predicted octanol–water partition coefficient (Wildman–Crippen LogP) is 3.56. The zero-order valence-corrected chi connectivity index (χ0v) is 20.1. The summed E-state index contributed by atoms with van der Waals surface area (Å²) in [5, 5.41) is 17.1. The van der Waals surface area contributed by atoms with Gasteiger partial charge in [-0.15, -0.1) is 9.90 Å². The summed E-state index contributed by atoms with van der Waals surface area (Å²) < 4.78 is 25.1. The molecule has 35 heavy (non-hydrogen) atoms. The van der Waals surface area contributed by atoms with Crippen LogP contribution in [0, 0.1) is 0 Å². The van der Waals surface area contributed by atoms with Crippen LogP contribution in [0.3, 0.4) is 0 Å². The van der Waals surface area contributed by atoms with Crippen LogP contribution in [0.2, 0.25) is 0 Å². The van der Waals surface area contributed by atoms with E-state index in [4.69, 9.17) is 34.5 Å². The van der Waals surface area contributed by atoms with Gasteiger partial charge in [0.2, 0.25) is 12.5 Å². The number of ether oxygens (including phenoxy) is 5. The van der Waals surface area contributed by atoms with Crippen LogP contribution in [0.15, 0.2) is 12.1 Å². The number of carbonyl (C=O) groups is 3. The lowest BCUT2D eigenvalue weighted by Crippen LogP contribution is -2.14. The molecule has 3 N–H and O–H groups in total. The molecule has 13 nitrogen and oxygen atoms in total. The van der Waals surface area contributed by atoms with E-state index < -0.39 is 30.9 Å². The van der Waals surface area contributed by atoms with E-state index >= 15 is 0 Å². The predicted molar refractivity (Wildman–Crippen MR) is 122 cm³/mol. The smallest absolute Gasteiger partial charge is 0.493 e. The Morgan fingerprint density at radius 3 is 2.37 bits per heavy atom. The SMILES string of the molecule is CCCCCCOC(=O)OCn1nc(C(=O)c2cc(OC)c(OC)cc2N)c(C(C)OC(=O)O)n1. The van der Waals surface area contributed by atoms with Crippen molar-refractivity contribution in [1.82, 2.24) is 15.0 Å². The Balaban J connectivity index is 2.26. The van der Waals surface area contributed by atoms with E-state index in [-0.39, 0.29) is 35.0 Å². The Morgan fingerprint density at radius 2 is 1.74 bits per heavy atom. The Labute approximate surface area is 202 Å². The number of unbranched alkanes of at least 4 members (excludes halogenated alkanes) is 3. The minimum atomic E-state index is -1.57. The van der Waals surface area contributed by atoms with E-state index in [1.54, 1.807) is 0 Å². The zero-order chi connectivity index (χ0) is 26.0. The topological polar surface area (TPSA) is 174 Å². The maximum absolute atomic E-state index is 13.3. The zero-order valence-electron chi connectivity index (χ0n) is 20.1. The van der Waals surface area contributed by atoms with Crippen LogP contribution >= 0.6 is 0 Å². The van der Waals surface area contributed by atoms with E-state index in [2.05, 4.69) is 17.1 Å². The quantitative estimate of drug-likeness (QED) is 0.179. The molecule has 1 aromatic heterocycles. The van der Waals surface area contributed by atoms with Crippen molar-refractivity contribution in [2.24, 2.45) is 0 Å². The summed E-state index contributed by atoms with van der Waals surface area (Å²) in [5.74, 6) is -0.113. The number of nitrogen functional groups attached to an aromatic ring is 1. The molecule has 1 unspecified atom stereocenters. The summed E-state index contributed by atoms with van der Waals surface area (Å²) in [6.07, 6.45) is 0.0785. The van der Waals surface area contributed by atoms with Crippen molar-refractivity contribution in [2.75, 3.05) is 26.6 Å². The maximum Gasteiger partial charge on any atom is 0.510 e. The van der Waals surface area contributed by atoms with Gasteiger partial charge in [-0.25, -0.2) is 9.59 Å². The minimum Gasteiger partial charge on any atom is -0.493 e. The van der Waals surface area contributed by atoms with E-state index in [9.17, 15) is 14.4 Å². The van der Waals surface area contributed by atoms with Gasteiger partial charge in [-0.3, -0.25) is 4.79 Å². The molecule has 1 aromatic carbocycles. The fourth-order valence-electron chi connectivity index (χ4n) is 3.12. The van der Waals surface area contributed by atoms with Gasteiger partial charge in [0.1, 0.15) is 11.8 Å². The summed E-state index contributed by atoms with van der Waals surface area (Å²) in [6, 6.07) is 2.78. The summed E-state index contributed by atoms with van der Waals surface area (Å²) in [7, 11) is 2.82. The number of carbonyl (C=O) groups excluding carboxylic acids is 2. The van der Waals surface area contributed by atoms with Crippen molar-refractivity contribution in [3.63, 3.8) is 0 Å². The molecule has 2 rings (SSSR count). The molecule has 0 fully saturated rings. The van der Waals surface area contributed by atoms with Gasteiger partial charge in [0.15, 0.2) is 17.2 Å². The lowest BCUT2D eigenvalue weighted by atomic mass is 10.0. The molecule has 0 bridgehead atoms. The average Bonchev–Trinajstić information content (AvgIpc) is 3.26. The third kappa shape index (κ3) is 7.48. The van der Waals surface area contributed by atoms with E-state index in [1.165, 1.54) is 33.3 Å². The highest BCUT2D eigenvalue weighted by atomic mass is 16.7. The second-order valence-electron chi connectivity index (χ2n) is 7.39. The first kappa shape index (κ1) is 27.2. The standard InChI is InChI=1S/C22H30N4O9/c1-5-6-7-8-9-33-22(30)34-12-26-24-18(13(2)35-21(28)29)19(25-26)20(27)14-10-16(31-3)17(32-4)11-15(14)23/h10-11,13H,5-9,12,23H2,1-4H3,(H,28,29). The molecule has 0 saturated heterocycles. The number of aromatic nitrogens is 3. The van der Waals surface area contributed by atoms with Gasteiger partial charge in [-0.2, -0.15) is 5.10 Å². The molecule has 0 amide bonds. The molecule has 13 heteroatoms. The third-order valence-corrected chi connectivity index (χ3v) is 4.87. The highest BCUT2D eigenvalue weighted by molar-refractivity contribution is 6.12. The van der Waals surface area contributed by atoms with Crippen molar-refractivity contribution in [1.29, 1.82) is 0 Å². The first-order chi connectivity index (χ1) is 16.7. The summed E-state index contributed by atoms with van der Waals surface area (Å²) in [5.41, 5.74) is 5.78. The van der Waals surface area contributed by atoms with Crippen LogP contribution in [0.5, 0.6) is 11.5 Å². The Hall–Kier alpha value is -4.03. The first-order valence-corrected chi connectivity index (χ1v) is 10.9. The van der Waals surface area contributed by atoms with Crippen LogP contribution in [-0.4, -0.2) is 59.0 Å². The molecular formula is C22H30N4O9. The molecule has 1 heterocycles. The maximum atomic E-state index is 13.3. The third-order valence-electron chi connectivity index (χ3n) is 4.87. The lowest BCUT2D eigenvalue weighted by molar-refractivity contribution is 0.0249. The number of hydrogen-bond donors (Lipinski definition) is 2. The van der Waals surface area contributed by atoms with Crippen molar-refractivity contribution in [3.05, 3.63) is 29.1 Å². The fourth-order valence-corrected chi connectivity index (χ4v) is 3.12. The Bertz CT molecular complexity index is 1040. The van der Waals surface area contributed by atoms with Crippen molar-refractivity contribution in [2.45, 2.75) is 52.4 Å². The molecule has 0 aliphatic heterocycles. The van der Waals surface area contributed by atoms with Crippen LogP contribution < -0.4 is 15.2 Å². The number of rotatable bonds is 13. The second kappa shape index (κ2) is 13.0. The second-order valence-corrected chi connectivity index (χ2v) is 7.39. The number of benzene rings is 1. The molecule has 1 atom stereocenters. The number of nitrogens with zero attached hydrogens (tertiary/aromatic N) is 3. The molecule has 0 spiro atoms. The lowest BCUT2D eigenvalue weighted by Gasteiger charge is -2.12. The minimum absolute atomic E-state index is 0.0193. The number of ketones is 1. The van der Waals surface area contributed by atoms with Crippen molar-refractivity contribution < 1.29 is 43.2 Å². The van der Waals surface area contributed by atoms with Crippen molar-refractivity contribution >= 4 is 23.8 Å². The van der Waals surface area contributed by atoms with E-state index in [0.29, 0.717) is 12.2 Å². The Morgan fingerprint density at radius 1 is 1.06 bits per heavy atom. The highest BCUT2D eigenvalue weighted by Gasteiger charge is 2.28. The normalized spacial score (nSPS) is 11.4. The van der Waals surface area contributed by atoms with Crippen LogP contribution in [0.1, 0.15) is 67.4 Å². The van der Waals surface area contributed by atoms with Gasteiger partial charge in [0, 0.05) is 11.8 Å². The van der Waals surface area contributed by atoms with E-state index in [0.717, 1.165) is 24.1 Å². The molecule has 192 valence electrons. The van der Waals surface area contributed by atoms with Gasteiger partial charge >= 0.3 is 12.3 Å². The van der Waals surface area contributed by atoms with Crippen LogP contribution in [0.25, 0.3) is 0 Å². The monoisotopic (exact) mass is 494 g/mol. The van der Waals surface area contributed by atoms with Crippen molar-refractivity contribution in [3.8, 4) is 11.5 Å². The first-order valence-electron chi connectivity index (χ1n) is 10.9. The van der Waals surface area contributed by atoms with Crippen LogP contribution in [-0.2, 0) is 20.9 Å². The number of hydrogen-bond acceptors (Lipinski definition) is 11. The van der Waals surface area contributed by atoms with Gasteiger partial charge in [0.25, 0.3) is 0 Å². The highest BCUT2D eigenvalue weighted by Crippen LogP contribution is 2.33. The number of carboxylic acid groups (broad SMARTS) is 1. The molecule has 0 aliphatic rings. The van der Waals surface area contributed by atoms with Gasteiger partial charge in [-0.1, -0.05) is 26.2 Å². The molecular weight excluding hydrogens is 464 g/mol. The molecule has 2 aromatic rings. The van der Waals surface area contributed by atoms with E-state index in [1.807, 2.05) is 0 Å². The molecule has 0 radical (unpaired) electrons. The number of methoxy groups -OCH3 is 2. The Kier molecular flexibility index (Phi) is 10.1. The average molecular weight is 495 g/mol. The fraction of sp³-hybridized carbons (Fsp3) is 0.500. The summed E-state index contributed by atoms with van der Waals surface area (Å²) >= 11 is 0. The molecule has 0 aliphatic carbocycles. The molecule has 0 saturated carbocycles. The summed E-state index contributed by atoms with van der Waals surface area (Å²) in [6.45, 7) is 3.18. The van der Waals surface area contributed by atoms with Crippen LogP contribution in [0.4, 0.5) is 15.3 Å². The van der Waals surface area contributed by atoms with Gasteiger partial charge in [-0.05, 0) is 19.4 Å². The number of anilines is 1. The van der Waals surface area contributed by atoms with Gasteiger partial charge in [0.05, 0.1) is 26.4 Å². The summed E-state index contributed by atoms with van der Waals surface area (Å²) in [4.78, 5) is 37.1. The van der Waals surface area contributed by atoms with Gasteiger partial charge < -0.3 is 34.5 Å².